The Kier molecular flexibility index (Phi) is 5.62. The van der Waals surface area contributed by atoms with Gasteiger partial charge in [-0.05, 0) is 66.6 Å². The molecule has 0 saturated carbocycles. The molecule has 0 atom stereocenters. The number of ether oxygens (including phenoxy) is 1. The Labute approximate surface area is 176 Å². The maximum absolute atomic E-state index is 12.1. The van der Waals surface area contributed by atoms with E-state index >= 15 is 0 Å². The zero-order valence-corrected chi connectivity index (χ0v) is 17.4. The smallest absolute Gasteiger partial charge is 0.262 e. The van der Waals surface area contributed by atoms with Crippen LogP contribution in [0.5, 0.6) is 5.75 Å². The number of amides is 1. The van der Waals surface area contributed by atoms with Gasteiger partial charge in [-0.15, -0.1) is 0 Å². The highest BCUT2D eigenvalue weighted by atomic mass is 79.9. The lowest BCUT2D eigenvalue weighted by molar-refractivity contribution is -0.118. The van der Waals surface area contributed by atoms with Crippen LogP contribution in [0.2, 0.25) is 0 Å². The fraction of sp³-hybridized carbons (Fsp3) is 0.130. The predicted molar refractivity (Wildman–Crippen MR) is 116 cm³/mol. The van der Waals surface area contributed by atoms with E-state index in [1.165, 1.54) is 0 Å². The summed E-state index contributed by atoms with van der Waals surface area (Å²) >= 11 is 3.36. The van der Waals surface area contributed by atoms with Crippen molar-refractivity contribution >= 4 is 38.6 Å². The largest absolute Gasteiger partial charge is 0.484 e. The lowest BCUT2D eigenvalue weighted by Gasteiger charge is -2.08. The molecule has 146 valence electrons. The molecule has 3 aromatic carbocycles. The first kappa shape index (κ1) is 19.2. The van der Waals surface area contributed by atoms with Crippen LogP contribution in [0.3, 0.4) is 0 Å². The molecule has 0 fully saturated rings. The molecule has 1 amide bonds. The van der Waals surface area contributed by atoms with Gasteiger partial charge in [-0.25, -0.2) is 4.98 Å². The van der Waals surface area contributed by atoms with Crippen molar-refractivity contribution in [1.82, 2.24) is 4.98 Å². The Morgan fingerprint density at radius 2 is 1.83 bits per heavy atom. The standard InChI is InChI=1S/C23H19BrN2O3/c1-15-2-11-21-20(12-15)26-23(29-21)13-16-3-7-18(8-4-16)25-22(27)14-28-19-9-5-17(24)6-10-19/h2-12H,13-14H2,1H3,(H,25,27). The normalized spacial score (nSPS) is 10.8. The van der Waals surface area contributed by atoms with E-state index in [1.807, 2.05) is 61.5 Å². The molecule has 0 bridgehead atoms. The molecular formula is C23H19BrN2O3. The van der Waals surface area contributed by atoms with Crippen LogP contribution >= 0.6 is 15.9 Å². The molecule has 0 spiro atoms. The first-order valence-electron chi connectivity index (χ1n) is 9.18. The highest BCUT2D eigenvalue weighted by molar-refractivity contribution is 9.10. The van der Waals surface area contributed by atoms with E-state index in [9.17, 15) is 4.79 Å². The second kappa shape index (κ2) is 8.49. The third-order valence-electron chi connectivity index (χ3n) is 4.36. The highest BCUT2D eigenvalue weighted by Crippen LogP contribution is 2.20. The monoisotopic (exact) mass is 450 g/mol. The fourth-order valence-electron chi connectivity index (χ4n) is 2.92. The van der Waals surface area contributed by atoms with Crippen molar-refractivity contribution in [3.05, 3.63) is 88.2 Å². The lowest BCUT2D eigenvalue weighted by atomic mass is 10.1. The van der Waals surface area contributed by atoms with Gasteiger partial charge in [0.2, 0.25) is 0 Å². The molecule has 1 aromatic heterocycles. The average molecular weight is 451 g/mol. The summed E-state index contributed by atoms with van der Waals surface area (Å²) < 4.78 is 12.2. The summed E-state index contributed by atoms with van der Waals surface area (Å²) in [6.45, 7) is 1.98. The Morgan fingerprint density at radius 3 is 2.59 bits per heavy atom. The maximum atomic E-state index is 12.1. The van der Waals surface area contributed by atoms with Gasteiger partial charge in [0.25, 0.3) is 5.91 Å². The fourth-order valence-corrected chi connectivity index (χ4v) is 3.18. The van der Waals surface area contributed by atoms with Gasteiger partial charge in [0.05, 0.1) is 0 Å². The molecule has 0 unspecified atom stereocenters. The van der Waals surface area contributed by atoms with Crippen LogP contribution in [-0.2, 0) is 11.2 Å². The second-order valence-electron chi connectivity index (χ2n) is 6.74. The van der Waals surface area contributed by atoms with Crippen LogP contribution in [0.1, 0.15) is 17.0 Å². The van der Waals surface area contributed by atoms with Gasteiger partial charge in [0.1, 0.15) is 11.3 Å². The summed E-state index contributed by atoms with van der Waals surface area (Å²) in [6.07, 6.45) is 0.592. The van der Waals surface area contributed by atoms with Crippen molar-refractivity contribution in [2.24, 2.45) is 0 Å². The molecule has 4 aromatic rings. The molecule has 0 saturated heterocycles. The number of anilines is 1. The summed E-state index contributed by atoms with van der Waals surface area (Å²) in [7, 11) is 0. The predicted octanol–water partition coefficient (Wildman–Crippen LogP) is 5.51. The summed E-state index contributed by atoms with van der Waals surface area (Å²) in [5.41, 5.74) is 4.58. The Balaban J connectivity index is 1.33. The lowest BCUT2D eigenvalue weighted by Crippen LogP contribution is -2.20. The molecule has 0 radical (unpaired) electrons. The third-order valence-corrected chi connectivity index (χ3v) is 4.89. The number of rotatable bonds is 6. The van der Waals surface area contributed by atoms with E-state index < -0.39 is 0 Å². The quantitative estimate of drug-likeness (QED) is 0.420. The molecule has 29 heavy (non-hydrogen) atoms. The van der Waals surface area contributed by atoms with Crippen LogP contribution in [0.4, 0.5) is 5.69 Å². The van der Waals surface area contributed by atoms with Crippen LogP contribution in [0.15, 0.2) is 75.6 Å². The zero-order valence-electron chi connectivity index (χ0n) is 15.8. The Hall–Kier alpha value is -3.12. The molecule has 0 aliphatic rings. The van der Waals surface area contributed by atoms with Gasteiger partial charge < -0.3 is 14.5 Å². The number of benzene rings is 3. The maximum Gasteiger partial charge on any atom is 0.262 e. The Morgan fingerprint density at radius 1 is 1.07 bits per heavy atom. The Bertz CT molecular complexity index is 1140. The molecule has 5 nitrogen and oxygen atoms in total. The number of hydrogen-bond acceptors (Lipinski definition) is 4. The molecule has 1 heterocycles. The first-order chi connectivity index (χ1) is 14.0. The van der Waals surface area contributed by atoms with Crippen LogP contribution < -0.4 is 10.1 Å². The highest BCUT2D eigenvalue weighted by Gasteiger charge is 2.08. The summed E-state index contributed by atoms with van der Waals surface area (Å²) in [4.78, 5) is 16.6. The van der Waals surface area contributed by atoms with E-state index in [1.54, 1.807) is 12.1 Å². The number of oxazole rings is 1. The number of carbonyl (C=O) groups excluding carboxylic acids is 1. The van der Waals surface area contributed by atoms with Gasteiger partial charge >= 0.3 is 0 Å². The van der Waals surface area contributed by atoms with E-state index in [4.69, 9.17) is 9.15 Å². The number of nitrogens with zero attached hydrogens (tertiary/aromatic N) is 1. The molecular weight excluding hydrogens is 432 g/mol. The van der Waals surface area contributed by atoms with Crippen LogP contribution in [-0.4, -0.2) is 17.5 Å². The van der Waals surface area contributed by atoms with Gasteiger partial charge in [0.15, 0.2) is 18.1 Å². The van der Waals surface area contributed by atoms with Crippen molar-refractivity contribution < 1.29 is 13.9 Å². The van der Waals surface area contributed by atoms with E-state index in [2.05, 4.69) is 26.2 Å². The summed E-state index contributed by atoms with van der Waals surface area (Å²) in [6, 6.07) is 20.9. The minimum absolute atomic E-state index is 0.0499. The van der Waals surface area contributed by atoms with Gasteiger partial charge in [-0.3, -0.25) is 4.79 Å². The number of nitrogens with one attached hydrogen (secondary N) is 1. The number of hydrogen-bond donors (Lipinski definition) is 1. The minimum atomic E-state index is -0.213. The number of carbonyl (C=O) groups is 1. The number of halogens is 1. The SMILES string of the molecule is Cc1ccc2oc(Cc3ccc(NC(=O)COc4ccc(Br)cc4)cc3)nc2c1. The molecule has 0 aliphatic carbocycles. The minimum Gasteiger partial charge on any atom is -0.484 e. The number of aromatic nitrogens is 1. The van der Waals surface area contributed by atoms with Gasteiger partial charge in [-0.1, -0.05) is 34.1 Å². The van der Waals surface area contributed by atoms with Crippen molar-refractivity contribution in [2.45, 2.75) is 13.3 Å². The van der Waals surface area contributed by atoms with Crippen LogP contribution in [0.25, 0.3) is 11.1 Å². The van der Waals surface area contributed by atoms with Gasteiger partial charge in [0, 0.05) is 16.6 Å². The molecule has 4 rings (SSSR count). The van der Waals surface area contributed by atoms with Crippen molar-refractivity contribution in [1.29, 1.82) is 0 Å². The van der Waals surface area contributed by atoms with Crippen molar-refractivity contribution in [3.63, 3.8) is 0 Å². The molecule has 6 heteroatoms. The van der Waals surface area contributed by atoms with Crippen LogP contribution in [0, 0.1) is 6.92 Å². The van der Waals surface area contributed by atoms with Crippen molar-refractivity contribution in [3.8, 4) is 5.75 Å². The molecule has 1 N–H and O–H groups in total. The summed E-state index contributed by atoms with van der Waals surface area (Å²) in [5.74, 6) is 1.10. The first-order valence-corrected chi connectivity index (χ1v) is 9.98. The second-order valence-corrected chi connectivity index (χ2v) is 7.66. The average Bonchev–Trinajstić information content (AvgIpc) is 3.10. The number of aryl methyl sites for hydroxylation is 1. The number of fused-ring (bicyclic) bond motifs is 1. The van der Waals surface area contributed by atoms with E-state index in [0.717, 1.165) is 26.7 Å². The summed E-state index contributed by atoms with van der Waals surface area (Å²) in [5, 5.41) is 2.83. The van der Waals surface area contributed by atoms with Gasteiger partial charge in [-0.2, -0.15) is 0 Å². The topological polar surface area (TPSA) is 64.4 Å². The van der Waals surface area contributed by atoms with Crippen molar-refractivity contribution in [2.75, 3.05) is 11.9 Å². The molecule has 0 aliphatic heterocycles. The third kappa shape index (κ3) is 5.03. The van der Waals surface area contributed by atoms with E-state index in [-0.39, 0.29) is 12.5 Å². The van der Waals surface area contributed by atoms with E-state index in [0.29, 0.717) is 23.7 Å². The zero-order chi connectivity index (χ0) is 20.2.